The Morgan fingerprint density at radius 1 is 1.15 bits per heavy atom. The predicted octanol–water partition coefficient (Wildman–Crippen LogP) is 0.912. The van der Waals surface area contributed by atoms with Crippen molar-refractivity contribution >= 4 is 0 Å². The molecule has 3 aliphatic rings. The predicted molar refractivity (Wildman–Crippen MR) is 46.1 cm³/mol. The van der Waals surface area contributed by atoms with E-state index in [1.807, 2.05) is 0 Å². The van der Waals surface area contributed by atoms with Crippen molar-refractivity contribution in [3.05, 3.63) is 0 Å². The molecule has 0 bridgehead atoms. The molecule has 3 fully saturated rings. The molecule has 0 aromatic heterocycles. The average Bonchev–Trinajstić information content (AvgIpc) is 2.60. The number of ether oxygens (including phenoxy) is 2. The van der Waals surface area contributed by atoms with Crippen molar-refractivity contribution in [1.82, 2.24) is 0 Å². The summed E-state index contributed by atoms with van der Waals surface area (Å²) in [6.07, 6.45) is 4.38. The minimum absolute atomic E-state index is 0.157. The van der Waals surface area contributed by atoms with Gasteiger partial charge in [0.05, 0.1) is 13.2 Å². The third kappa shape index (κ3) is 0.853. The lowest BCUT2D eigenvalue weighted by Gasteiger charge is -2.47. The van der Waals surface area contributed by atoms with Gasteiger partial charge in [0.15, 0.2) is 5.79 Å². The van der Waals surface area contributed by atoms with E-state index in [-0.39, 0.29) is 11.2 Å². The van der Waals surface area contributed by atoms with Crippen LogP contribution < -0.4 is 0 Å². The monoisotopic (exact) mass is 184 g/mol. The van der Waals surface area contributed by atoms with Gasteiger partial charge in [-0.25, -0.2) is 0 Å². The van der Waals surface area contributed by atoms with E-state index in [0.29, 0.717) is 12.5 Å². The molecule has 74 valence electrons. The highest BCUT2D eigenvalue weighted by molar-refractivity contribution is 5.09. The lowest BCUT2D eigenvalue weighted by molar-refractivity contribution is -0.220. The fraction of sp³-hybridized carbons (Fsp3) is 1.00. The number of aliphatic hydroxyl groups excluding tert-OH is 1. The molecule has 0 amide bonds. The van der Waals surface area contributed by atoms with Crippen molar-refractivity contribution in [3.63, 3.8) is 0 Å². The Kier molecular flexibility index (Phi) is 1.56. The molecule has 1 spiro atoms. The third-order valence-corrected chi connectivity index (χ3v) is 4.26. The van der Waals surface area contributed by atoms with Gasteiger partial charge in [-0.05, 0) is 19.3 Å². The van der Waals surface area contributed by atoms with Gasteiger partial charge in [0.2, 0.25) is 0 Å². The summed E-state index contributed by atoms with van der Waals surface area (Å²) in [5, 5.41) is 9.38. The molecular weight excluding hydrogens is 168 g/mol. The van der Waals surface area contributed by atoms with Crippen LogP contribution in [0.2, 0.25) is 0 Å². The van der Waals surface area contributed by atoms with Gasteiger partial charge < -0.3 is 14.6 Å². The minimum Gasteiger partial charge on any atom is -0.396 e. The summed E-state index contributed by atoms with van der Waals surface area (Å²) in [7, 11) is 0. The molecule has 2 unspecified atom stereocenters. The molecule has 3 nitrogen and oxygen atoms in total. The van der Waals surface area contributed by atoms with Crippen molar-refractivity contribution in [2.45, 2.75) is 31.5 Å². The Labute approximate surface area is 78.0 Å². The van der Waals surface area contributed by atoms with E-state index in [4.69, 9.17) is 9.47 Å². The zero-order valence-electron chi connectivity index (χ0n) is 7.79. The van der Waals surface area contributed by atoms with Crippen molar-refractivity contribution in [3.8, 4) is 0 Å². The SMILES string of the molecule is OCC12CCC1C1(CC2)OCCO1. The molecular formula is C10H16O3. The van der Waals surface area contributed by atoms with Gasteiger partial charge in [-0.3, -0.25) is 0 Å². The highest BCUT2D eigenvalue weighted by Gasteiger charge is 2.64. The second-order valence-electron chi connectivity index (χ2n) is 4.62. The van der Waals surface area contributed by atoms with Crippen LogP contribution in [-0.2, 0) is 9.47 Å². The maximum absolute atomic E-state index is 9.38. The second kappa shape index (κ2) is 2.47. The first kappa shape index (κ1) is 8.21. The van der Waals surface area contributed by atoms with Gasteiger partial charge >= 0.3 is 0 Å². The largest absolute Gasteiger partial charge is 0.396 e. The van der Waals surface area contributed by atoms with Crippen molar-refractivity contribution in [2.75, 3.05) is 19.8 Å². The molecule has 1 saturated heterocycles. The summed E-state index contributed by atoms with van der Waals surface area (Å²) in [6.45, 7) is 1.78. The summed E-state index contributed by atoms with van der Waals surface area (Å²) in [5.41, 5.74) is 0.157. The standard InChI is InChI=1S/C10H16O3/c11-7-9-2-1-8(9)10(4-3-9)12-5-6-13-10/h8,11H,1-7H2. The van der Waals surface area contributed by atoms with Crippen LogP contribution in [0.15, 0.2) is 0 Å². The van der Waals surface area contributed by atoms with E-state index in [1.54, 1.807) is 0 Å². The molecule has 0 radical (unpaired) electrons. The second-order valence-corrected chi connectivity index (χ2v) is 4.62. The molecule has 1 N–H and O–H groups in total. The first-order chi connectivity index (χ1) is 6.31. The van der Waals surface area contributed by atoms with Crippen LogP contribution in [-0.4, -0.2) is 30.7 Å². The number of aliphatic hydroxyl groups is 1. The maximum Gasteiger partial charge on any atom is 0.171 e. The quantitative estimate of drug-likeness (QED) is 0.658. The summed E-state index contributed by atoms with van der Waals surface area (Å²) >= 11 is 0. The molecule has 2 saturated carbocycles. The van der Waals surface area contributed by atoms with Crippen LogP contribution in [0.3, 0.4) is 0 Å². The summed E-state index contributed by atoms with van der Waals surface area (Å²) in [4.78, 5) is 0. The first-order valence-electron chi connectivity index (χ1n) is 5.20. The van der Waals surface area contributed by atoms with Gasteiger partial charge in [0, 0.05) is 24.4 Å². The fourth-order valence-electron chi connectivity index (χ4n) is 3.36. The van der Waals surface area contributed by atoms with Crippen LogP contribution in [0.25, 0.3) is 0 Å². The van der Waals surface area contributed by atoms with Gasteiger partial charge in [-0.2, -0.15) is 0 Å². The van der Waals surface area contributed by atoms with E-state index >= 15 is 0 Å². The number of hydrogen-bond acceptors (Lipinski definition) is 3. The Balaban J connectivity index is 1.87. The van der Waals surface area contributed by atoms with Crippen LogP contribution in [0.5, 0.6) is 0 Å². The average molecular weight is 184 g/mol. The van der Waals surface area contributed by atoms with Crippen LogP contribution >= 0.6 is 0 Å². The smallest absolute Gasteiger partial charge is 0.171 e. The highest BCUT2D eigenvalue weighted by Crippen LogP contribution is 2.63. The Hall–Kier alpha value is -0.120. The van der Waals surface area contributed by atoms with Gasteiger partial charge in [0.1, 0.15) is 0 Å². The molecule has 3 heteroatoms. The molecule has 1 heterocycles. The lowest BCUT2D eigenvalue weighted by Crippen LogP contribution is -2.49. The van der Waals surface area contributed by atoms with E-state index in [9.17, 15) is 5.11 Å². The van der Waals surface area contributed by atoms with E-state index in [0.717, 1.165) is 32.5 Å². The number of fused-ring (bicyclic) bond motifs is 2. The number of rotatable bonds is 1. The molecule has 13 heavy (non-hydrogen) atoms. The fourth-order valence-corrected chi connectivity index (χ4v) is 3.36. The zero-order chi connectivity index (χ0) is 8.94. The lowest BCUT2D eigenvalue weighted by atomic mass is 9.61. The maximum atomic E-state index is 9.38. The van der Waals surface area contributed by atoms with E-state index < -0.39 is 0 Å². The van der Waals surface area contributed by atoms with Crippen molar-refractivity contribution < 1.29 is 14.6 Å². The minimum atomic E-state index is -0.291. The zero-order valence-corrected chi connectivity index (χ0v) is 7.79. The van der Waals surface area contributed by atoms with Gasteiger partial charge in [-0.1, -0.05) is 0 Å². The van der Waals surface area contributed by atoms with Crippen molar-refractivity contribution in [1.29, 1.82) is 0 Å². The molecule has 0 aromatic carbocycles. The van der Waals surface area contributed by atoms with E-state index in [2.05, 4.69) is 0 Å². The van der Waals surface area contributed by atoms with E-state index in [1.165, 1.54) is 6.42 Å². The third-order valence-electron chi connectivity index (χ3n) is 4.26. The van der Waals surface area contributed by atoms with Crippen molar-refractivity contribution in [2.24, 2.45) is 11.3 Å². The number of hydrogen-bond donors (Lipinski definition) is 1. The highest BCUT2D eigenvalue weighted by atomic mass is 16.7. The Morgan fingerprint density at radius 2 is 1.92 bits per heavy atom. The molecule has 3 rings (SSSR count). The van der Waals surface area contributed by atoms with Gasteiger partial charge in [0.25, 0.3) is 0 Å². The topological polar surface area (TPSA) is 38.7 Å². The first-order valence-corrected chi connectivity index (χ1v) is 5.20. The summed E-state index contributed by atoms with van der Waals surface area (Å²) < 4.78 is 11.5. The Morgan fingerprint density at radius 3 is 2.38 bits per heavy atom. The van der Waals surface area contributed by atoms with Crippen LogP contribution in [0, 0.1) is 11.3 Å². The Bertz CT molecular complexity index is 218. The summed E-state index contributed by atoms with van der Waals surface area (Å²) in [6, 6.07) is 0. The molecule has 2 aliphatic carbocycles. The normalized spacial score (nSPS) is 46.4. The van der Waals surface area contributed by atoms with Crippen LogP contribution in [0.1, 0.15) is 25.7 Å². The van der Waals surface area contributed by atoms with Crippen LogP contribution in [0.4, 0.5) is 0 Å². The molecule has 2 atom stereocenters. The molecule has 1 aliphatic heterocycles. The molecule has 0 aromatic rings. The summed E-state index contributed by atoms with van der Waals surface area (Å²) in [5.74, 6) is 0.175. The van der Waals surface area contributed by atoms with Gasteiger partial charge in [-0.15, -0.1) is 0 Å².